The van der Waals surface area contributed by atoms with Gasteiger partial charge in [-0.2, -0.15) is 0 Å². The van der Waals surface area contributed by atoms with Crippen molar-refractivity contribution >= 4 is 40.3 Å². The van der Waals surface area contributed by atoms with Gasteiger partial charge in [-0.15, -0.1) is 0 Å². The molecule has 1 saturated heterocycles. The molecule has 0 aromatic heterocycles. The Morgan fingerprint density at radius 1 is 1.14 bits per heavy atom. The van der Waals surface area contributed by atoms with Gasteiger partial charge in [0.2, 0.25) is 0 Å². The van der Waals surface area contributed by atoms with Crippen LogP contribution in [0.15, 0.2) is 60.0 Å². The average molecular weight is 426 g/mol. The van der Waals surface area contributed by atoms with E-state index in [-0.39, 0.29) is 5.91 Å². The molecule has 0 N–H and O–H groups in total. The van der Waals surface area contributed by atoms with Crippen molar-refractivity contribution in [2.24, 2.45) is 0 Å². The third-order valence-electron chi connectivity index (χ3n) is 4.26. The normalized spacial score (nSPS) is 15.1. The van der Waals surface area contributed by atoms with E-state index in [9.17, 15) is 4.79 Å². The topological polar surface area (TPSA) is 38.8 Å². The first-order chi connectivity index (χ1) is 14.0. The number of benzene rings is 2. The summed E-state index contributed by atoms with van der Waals surface area (Å²) in [5.41, 5.74) is 3.09. The van der Waals surface area contributed by atoms with Gasteiger partial charge >= 0.3 is 0 Å². The van der Waals surface area contributed by atoms with Crippen LogP contribution in [0.3, 0.4) is 0 Å². The molecule has 0 bridgehead atoms. The summed E-state index contributed by atoms with van der Waals surface area (Å²) in [5, 5.41) is 0. The monoisotopic (exact) mass is 425 g/mol. The van der Waals surface area contributed by atoms with Gasteiger partial charge < -0.3 is 9.47 Å². The quantitative estimate of drug-likeness (QED) is 0.323. The van der Waals surface area contributed by atoms with Crippen molar-refractivity contribution in [1.29, 1.82) is 0 Å². The third-order valence-corrected chi connectivity index (χ3v) is 5.63. The lowest BCUT2D eigenvalue weighted by molar-refractivity contribution is -0.122. The van der Waals surface area contributed by atoms with Crippen molar-refractivity contribution in [2.45, 2.75) is 20.4 Å². The predicted octanol–water partition coefficient (Wildman–Crippen LogP) is 5.36. The summed E-state index contributed by atoms with van der Waals surface area (Å²) < 4.78 is 11.9. The number of nitrogens with zero attached hydrogens (tertiary/aromatic N) is 1. The predicted molar refractivity (Wildman–Crippen MR) is 123 cm³/mol. The Bertz CT molecular complexity index is 951. The number of carbonyl (C=O) groups excluding carboxylic acids is 1. The highest BCUT2D eigenvalue weighted by molar-refractivity contribution is 8.26. The Labute approximate surface area is 181 Å². The van der Waals surface area contributed by atoms with Crippen LogP contribution in [0.25, 0.3) is 6.08 Å². The molecular formula is C23H23NO3S2. The van der Waals surface area contributed by atoms with Gasteiger partial charge in [0.05, 0.1) is 18.1 Å². The first-order valence-electron chi connectivity index (χ1n) is 9.33. The van der Waals surface area contributed by atoms with Crippen LogP contribution in [-0.4, -0.2) is 28.3 Å². The van der Waals surface area contributed by atoms with Crippen molar-refractivity contribution in [3.8, 4) is 11.5 Å². The molecule has 0 atom stereocenters. The fourth-order valence-corrected chi connectivity index (χ4v) is 4.07. The third kappa shape index (κ3) is 5.28. The minimum absolute atomic E-state index is 0.0782. The van der Waals surface area contributed by atoms with E-state index in [0.29, 0.717) is 40.5 Å². The molecule has 0 saturated carbocycles. The Morgan fingerprint density at radius 3 is 2.59 bits per heavy atom. The van der Waals surface area contributed by atoms with Gasteiger partial charge in [0.15, 0.2) is 11.5 Å². The number of thioether (sulfide) groups is 1. The van der Waals surface area contributed by atoms with Gasteiger partial charge in [0.25, 0.3) is 5.91 Å². The molecule has 0 unspecified atom stereocenters. The summed E-state index contributed by atoms with van der Waals surface area (Å²) in [6.45, 7) is 9.01. The summed E-state index contributed by atoms with van der Waals surface area (Å²) in [4.78, 5) is 15.1. The number of amides is 1. The van der Waals surface area contributed by atoms with E-state index >= 15 is 0 Å². The summed E-state index contributed by atoms with van der Waals surface area (Å²) in [6.07, 6.45) is 3.53. The highest BCUT2D eigenvalue weighted by Crippen LogP contribution is 2.35. The molecule has 6 heteroatoms. The number of hydrogen-bond donors (Lipinski definition) is 0. The Morgan fingerprint density at radius 2 is 1.90 bits per heavy atom. The lowest BCUT2D eigenvalue weighted by Gasteiger charge is -2.14. The van der Waals surface area contributed by atoms with Crippen molar-refractivity contribution in [3.63, 3.8) is 0 Å². The van der Waals surface area contributed by atoms with Crippen LogP contribution >= 0.6 is 24.0 Å². The fourth-order valence-electron chi connectivity index (χ4n) is 2.81. The minimum atomic E-state index is -0.0782. The van der Waals surface area contributed by atoms with Gasteiger partial charge in [-0.1, -0.05) is 72.5 Å². The van der Waals surface area contributed by atoms with Gasteiger partial charge in [-0.25, -0.2) is 0 Å². The minimum Gasteiger partial charge on any atom is -0.490 e. The van der Waals surface area contributed by atoms with E-state index in [1.807, 2.05) is 62.4 Å². The Balaban J connectivity index is 1.80. The Hall–Kier alpha value is -2.57. The Kier molecular flexibility index (Phi) is 7.12. The summed E-state index contributed by atoms with van der Waals surface area (Å²) in [7, 11) is 0. The van der Waals surface area contributed by atoms with Crippen LogP contribution in [0.4, 0.5) is 0 Å². The molecular weight excluding hydrogens is 402 g/mol. The number of carbonyl (C=O) groups is 1. The van der Waals surface area contributed by atoms with E-state index in [1.54, 1.807) is 11.0 Å². The number of thiocarbonyl (C=S) groups is 1. The summed E-state index contributed by atoms with van der Waals surface area (Å²) in [5.74, 6) is 1.21. The molecule has 0 radical (unpaired) electrons. The summed E-state index contributed by atoms with van der Waals surface area (Å²) >= 11 is 6.76. The van der Waals surface area contributed by atoms with E-state index in [4.69, 9.17) is 21.7 Å². The molecule has 0 spiro atoms. The second-order valence-electron chi connectivity index (χ2n) is 6.49. The molecule has 3 rings (SSSR count). The highest BCUT2D eigenvalue weighted by Gasteiger charge is 2.32. The number of hydrogen-bond acceptors (Lipinski definition) is 5. The smallest absolute Gasteiger partial charge is 0.266 e. The molecule has 1 aliphatic rings. The second-order valence-corrected chi connectivity index (χ2v) is 8.17. The van der Waals surface area contributed by atoms with Crippen LogP contribution in [0.5, 0.6) is 11.5 Å². The maximum absolute atomic E-state index is 12.9. The molecule has 29 heavy (non-hydrogen) atoms. The molecule has 150 valence electrons. The van der Waals surface area contributed by atoms with Crippen molar-refractivity contribution < 1.29 is 14.3 Å². The molecule has 1 heterocycles. The maximum Gasteiger partial charge on any atom is 0.266 e. The van der Waals surface area contributed by atoms with Gasteiger partial charge in [0.1, 0.15) is 10.9 Å². The second kappa shape index (κ2) is 9.76. The van der Waals surface area contributed by atoms with Crippen LogP contribution in [0, 0.1) is 6.92 Å². The fraction of sp³-hybridized carbons (Fsp3) is 0.217. The van der Waals surface area contributed by atoms with Crippen LogP contribution in [0.1, 0.15) is 23.6 Å². The van der Waals surface area contributed by atoms with Crippen molar-refractivity contribution in [1.82, 2.24) is 4.90 Å². The lowest BCUT2D eigenvalue weighted by Crippen LogP contribution is -2.27. The van der Waals surface area contributed by atoms with Crippen molar-refractivity contribution in [2.75, 3.05) is 13.2 Å². The summed E-state index contributed by atoms with van der Waals surface area (Å²) in [6, 6.07) is 13.7. The molecule has 4 nitrogen and oxygen atoms in total. The molecule has 2 aromatic carbocycles. The van der Waals surface area contributed by atoms with Crippen LogP contribution in [0.2, 0.25) is 0 Å². The zero-order valence-corrected chi connectivity index (χ0v) is 18.1. The van der Waals surface area contributed by atoms with Gasteiger partial charge in [0, 0.05) is 0 Å². The number of rotatable bonds is 8. The maximum atomic E-state index is 12.9. The SMILES string of the molecule is C=CCOc1ccc(/C=C2\SC(=S)N(Cc3ccc(C)cc3)C2=O)cc1OCC. The molecule has 0 aliphatic carbocycles. The largest absolute Gasteiger partial charge is 0.490 e. The molecule has 2 aromatic rings. The first kappa shape index (κ1) is 21.1. The van der Waals surface area contributed by atoms with E-state index in [0.717, 1.165) is 11.1 Å². The molecule has 1 fully saturated rings. The standard InChI is InChI=1S/C23H23NO3S2/c1-4-12-27-19-11-10-18(13-20(19)26-5-2)14-21-22(25)24(23(28)29-21)15-17-8-6-16(3)7-9-17/h4,6-11,13-14H,1,5,12,15H2,2-3H3/b21-14-. The van der Waals surface area contributed by atoms with Gasteiger partial charge in [-0.3, -0.25) is 9.69 Å². The van der Waals surface area contributed by atoms with Gasteiger partial charge in [-0.05, 0) is 43.2 Å². The molecule has 1 amide bonds. The zero-order valence-electron chi connectivity index (χ0n) is 16.5. The first-order valence-corrected chi connectivity index (χ1v) is 10.6. The molecule has 1 aliphatic heterocycles. The van der Waals surface area contributed by atoms with E-state index < -0.39 is 0 Å². The average Bonchev–Trinajstić information content (AvgIpc) is 2.96. The van der Waals surface area contributed by atoms with Crippen LogP contribution in [-0.2, 0) is 11.3 Å². The number of aryl methyl sites for hydroxylation is 1. The highest BCUT2D eigenvalue weighted by atomic mass is 32.2. The van der Waals surface area contributed by atoms with Crippen molar-refractivity contribution in [3.05, 3.63) is 76.7 Å². The van der Waals surface area contributed by atoms with E-state index in [2.05, 4.69) is 6.58 Å². The zero-order chi connectivity index (χ0) is 20.8. The lowest BCUT2D eigenvalue weighted by atomic mass is 10.1. The number of ether oxygens (including phenoxy) is 2. The van der Waals surface area contributed by atoms with E-state index in [1.165, 1.54) is 17.3 Å². The van der Waals surface area contributed by atoms with Crippen LogP contribution < -0.4 is 9.47 Å².